The van der Waals surface area contributed by atoms with Crippen LogP contribution in [-0.2, 0) is 44.8 Å². The van der Waals surface area contributed by atoms with E-state index >= 15 is 0 Å². The van der Waals surface area contributed by atoms with E-state index in [0.717, 1.165) is 24.0 Å². The minimum atomic E-state index is -0.286. The minimum absolute atomic E-state index is 0.157. The first kappa shape index (κ1) is 60.1. The summed E-state index contributed by atoms with van der Waals surface area (Å²) in [4.78, 5) is 52.2. The summed E-state index contributed by atoms with van der Waals surface area (Å²) >= 11 is 0. The Labute approximate surface area is 381 Å². The van der Waals surface area contributed by atoms with Crippen molar-refractivity contribution in [1.82, 2.24) is 0 Å². The maximum atomic E-state index is 10.5. The van der Waals surface area contributed by atoms with Gasteiger partial charge in [0.1, 0.15) is 18.1 Å². The van der Waals surface area contributed by atoms with Gasteiger partial charge in [-0.3, -0.25) is 24.0 Å². The molecule has 0 fully saturated rings. The van der Waals surface area contributed by atoms with E-state index in [1.165, 1.54) is 144 Å². The van der Waals surface area contributed by atoms with Crippen LogP contribution in [0, 0.1) is 6.92 Å². The molecular formula is C53H82O10. The Morgan fingerprint density at radius 3 is 1.02 bits per heavy atom. The highest BCUT2D eigenvalue weighted by Gasteiger charge is 1.98. The van der Waals surface area contributed by atoms with Crippen LogP contribution in [0.2, 0.25) is 0 Å². The van der Waals surface area contributed by atoms with Gasteiger partial charge in [0.25, 0.3) is 0 Å². The van der Waals surface area contributed by atoms with E-state index in [1.807, 2.05) is 67.6 Å². The highest BCUT2D eigenvalue weighted by Crippen LogP contribution is 2.13. The lowest BCUT2D eigenvalue weighted by atomic mass is 10.1. The van der Waals surface area contributed by atoms with E-state index in [9.17, 15) is 24.0 Å². The van der Waals surface area contributed by atoms with Crippen LogP contribution in [-0.4, -0.2) is 43.1 Å². The second-order valence-corrected chi connectivity index (χ2v) is 15.3. The molecule has 0 spiro atoms. The molecule has 0 aliphatic carbocycles. The normalized spacial score (nSPS) is 9.71. The first-order valence-corrected chi connectivity index (χ1v) is 23.2. The number of unbranched alkanes of at least 4 members (excludes halogenated alkanes) is 17. The maximum Gasteiger partial charge on any atom is 0.308 e. The topological polar surface area (TPSA) is 132 Å². The smallest absolute Gasteiger partial charge is 0.308 e. The van der Waals surface area contributed by atoms with Crippen LogP contribution in [0.25, 0.3) is 0 Å². The molecule has 0 amide bonds. The zero-order valence-corrected chi connectivity index (χ0v) is 40.2. The van der Waals surface area contributed by atoms with Gasteiger partial charge in [-0.2, -0.15) is 0 Å². The molecular weight excluding hydrogens is 797 g/mol. The third kappa shape index (κ3) is 49.5. The lowest BCUT2D eigenvalue weighted by molar-refractivity contribution is -0.142. The van der Waals surface area contributed by atoms with E-state index in [4.69, 9.17) is 23.7 Å². The summed E-state index contributed by atoms with van der Waals surface area (Å²) in [6.07, 6.45) is 24.8. The van der Waals surface area contributed by atoms with Crippen molar-refractivity contribution in [3.8, 4) is 11.5 Å². The zero-order valence-electron chi connectivity index (χ0n) is 40.2. The molecule has 0 aromatic heterocycles. The number of ether oxygens (including phenoxy) is 5. The molecule has 0 saturated heterocycles. The third-order valence-corrected chi connectivity index (χ3v) is 8.93. The predicted molar refractivity (Wildman–Crippen MR) is 254 cm³/mol. The first-order valence-electron chi connectivity index (χ1n) is 23.2. The van der Waals surface area contributed by atoms with Crippen LogP contribution in [0.5, 0.6) is 11.5 Å². The molecule has 3 rings (SSSR count). The Morgan fingerprint density at radius 1 is 0.365 bits per heavy atom. The van der Waals surface area contributed by atoms with Crippen molar-refractivity contribution in [3.05, 3.63) is 96.1 Å². The lowest BCUT2D eigenvalue weighted by Crippen LogP contribution is -2.00. The van der Waals surface area contributed by atoms with Crippen molar-refractivity contribution in [2.24, 2.45) is 0 Å². The predicted octanol–water partition coefficient (Wildman–Crippen LogP) is 13.8. The van der Waals surface area contributed by atoms with Crippen LogP contribution in [0.15, 0.2) is 84.9 Å². The number of hydrogen-bond acceptors (Lipinski definition) is 10. The molecule has 3 aromatic carbocycles. The Bertz CT molecular complexity index is 1520. The number of para-hydroxylation sites is 1. The molecule has 0 aliphatic heterocycles. The number of esters is 5. The van der Waals surface area contributed by atoms with Crippen LogP contribution in [0.1, 0.15) is 182 Å². The van der Waals surface area contributed by atoms with Crippen molar-refractivity contribution in [2.75, 3.05) is 13.2 Å². The number of carbonyl (C=O) groups is 5. The summed E-state index contributed by atoms with van der Waals surface area (Å²) in [7, 11) is 0. The average Bonchev–Trinajstić information content (AvgIpc) is 3.25. The van der Waals surface area contributed by atoms with Crippen LogP contribution in [0.4, 0.5) is 0 Å². The summed E-state index contributed by atoms with van der Waals surface area (Å²) in [5, 5.41) is 0. The van der Waals surface area contributed by atoms with Gasteiger partial charge in [0.05, 0.1) is 13.2 Å². The fourth-order valence-electron chi connectivity index (χ4n) is 5.62. The largest absolute Gasteiger partial charge is 0.466 e. The standard InChI is InChI=1S/C14H28O2.C13H26O2.2C9H10O2.C8H8O2/c1-3-4-5-6-7-8-9-10-11-12-13-16-14(2)15;1-3-4-5-6-7-8-9-10-11-12-15-13(2)14;1-7-3-5-9(6-4-7)11-8(2)10;1-8(10)11-7-9-5-3-2-4-6-9;1-7(9)10-8-5-3-2-4-6-8/h3-13H2,1-2H3;3-12H2,1-2H3;3-6H,1-2H3;2-6H,7H2,1H3;2-6H,1H3. The third-order valence-electron chi connectivity index (χ3n) is 8.93. The Hall–Kier alpha value is -4.99. The van der Waals surface area contributed by atoms with E-state index in [1.54, 1.807) is 24.3 Å². The van der Waals surface area contributed by atoms with Gasteiger partial charge in [-0.1, -0.05) is 189 Å². The minimum Gasteiger partial charge on any atom is -0.466 e. The van der Waals surface area contributed by atoms with Crippen molar-refractivity contribution < 1.29 is 47.7 Å². The number of rotatable bonds is 25. The Balaban J connectivity index is 0. The Kier molecular flexibility index (Phi) is 43.0. The van der Waals surface area contributed by atoms with Gasteiger partial charge in [0.2, 0.25) is 0 Å². The molecule has 0 aliphatic rings. The molecule has 0 unspecified atom stereocenters. The van der Waals surface area contributed by atoms with Crippen molar-refractivity contribution in [2.45, 2.75) is 184 Å². The second kappa shape index (κ2) is 45.0. The number of hydrogen-bond donors (Lipinski definition) is 0. The molecule has 0 atom stereocenters. The van der Waals surface area contributed by atoms with Gasteiger partial charge in [-0.15, -0.1) is 0 Å². The van der Waals surface area contributed by atoms with Gasteiger partial charge in [0, 0.05) is 34.6 Å². The van der Waals surface area contributed by atoms with Crippen molar-refractivity contribution >= 4 is 29.8 Å². The van der Waals surface area contributed by atoms with E-state index in [2.05, 4.69) is 13.8 Å². The molecule has 354 valence electrons. The average molecular weight is 879 g/mol. The molecule has 0 heterocycles. The van der Waals surface area contributed by atoms with Gasteiger partial charge in [-0.05, 0) is 49.6 Å². The molecule has 63 heavy (non-hydrogen) atoms. The SMILES string of the molecule is CC(=O)OCc1ccccc1.CC(=O)Oc1ccc(C)cc1.CC(=O)Oc1ccccc1.CCCCCCCCCCCCOC(C)=O.CCCCCCCCCCCOC(C)=O. The molecule has 3 aromatic rings. The monoisotopic (exact) mass is 879 g/mol. The summed E-state index contributed by atoms with van der Waals surface area (Å²) in [6.45, 7) is 15.2. The van der Waals surface area contributed by atoms with E-state index in [0.29, 0.717) is 31.3 Å². The van der Waals surface area contributed by atoms with Gasteiger partial charge in [0.15, 0.2) is 0 Å². The van der Waals surface area contributed by atoms with Gasteiger partial charge < -0.3 is 23.7 Å². The number of benzene rings is 3. The first-order chi connectivity index (χ1) is 30.3. The highest BCUT2D eigenvalue weighted by atomic mass is 16.5. The maximum absolute atomic E-state index is 10.5. The number of carbonyl (C=O) groups excluding carboxylic acids is 5. The van der Waals surface area contributed by atoms with E-state index < -0.39 is 0 Å². The van der Waals surface area contributed by atoms with Crippen LogP contribution in [0.3, 0.4) is 0 Å². The van der Waals surface area contributed by atoms with Crippen LogP contribution < -0.4 is 9.47 Å². The van der Waals surface area contributed by atoms with Crippen molar-refractivity contribution in [3.63, 3.8) is 0 Å². The highest BCUT2D eigenvalue weighted by molar-refractivity contribution is 5.69. The van der Waals surface area contributed by atoms with Crippen molar-refractivity contribution in [1.29, 1.82) is 0 Å². The summed E-state index contributed by atoms with van der Waals surface area (Å²) in [5.74, 6) is 0.0671. The van der Waals surface area contributed by atoms with Gasteiger partial charge >= 0.3 is 29.8 Å². The second-order valence-electron chi connectivity index (χ2n) is 15.3. The van der Waals surface area contributed by atoms with E-state index in [-0.39, 0.29) is 29.8 Å². The molecule has 0 bridgehead atoms. The summed E-state index contributed by atoms with van der Waals surface area (Å²) in [6, 6.07) is 25.9. The fraction of sp³-hybridized carbons (Fsp3) is 0.566. The Morgan fingerprint density at radius 2 is 0.683 bits per heavy atom. The zero-order chi connectivity index (χ0) is 47.2. The molecule has 10 nitrogen and oxygen atoms in total. The molecule has 0 saturated carbocycles. The molecule has 10 heteroatoms. The fourth-order valence-corrected chi connectivity index (χ4v) is 5.62. The molecule has 0 N–H and O–H groups in total. The quantitative estimate of drug-likeness (QED) is 0.0351. The summed E-state index contributed by atoms with van der Waals surface area (Å²) < 4.78 is 24.1. The van der Waals surface area contributed by atoms with Gasteiger partial charge in [-0.25, -0.2) is 0 Å². The lowest BCUT2D eigenvalue weighted by Gasteiger charge is -2.02. The van der Waals surface area contributed by atoms with Crippen LogP contribution >= 0.6 is 0 Å². The number of aryl methyl sites for hydroxylation is 1. The molecule has 0 radical (unpaired) electrons. The summed E-state index contributed by atoms with van der Waals surface area (Å²) in [5.41, 5.74) is 2.17.